The minimum Gasteiger partial charge on any atom is -0.506 e. The van der Waals surface area contributed by atoms with Gasteiger partial charge in [0, 0.05) is 29.8 Å². The van der Waals surface area contributed by atoms with Crippen molar-refractivity contribution in [1.29, 1.82) is 0 Å². The van der Waals surface area contributed by atoms with Gasteiger partial charge in [0.25, 0.3) is 5.91 Å². The number of halogens is 2. The second-order valence-electron chi connectivity index (χ2n) is 7.52. The number of hydrogen-bond donors (Lipinski definition) is 1. The van der Waals surface area contributed by atoms with E-state index in [1.165, 1.54) is 16.7 Å². The van der Waals surface area contributed by atoms with Gasteiger partial charge in [-0.25, -0.2) is 0 Å². The summed E-state index contributed by atoms with van der Waals surface area (Å²) in [6, 6.07) is 14.9. The number of furan rings is 1. The van der Waals surface area contributed by atoms with Gasteiger partial charge in [-0.3, -0.25) is 9.69 Å². The molecule has 2 heterocycles. The zero-order valence-electron chi connectivity index (χ0n) is 18.3. The van der Waals surface area contributed by atoms with E-state index >= 15 is 0 Å². The quantitative estimate of drug-likeness (QED) is 0.210. The van der Waals surface area contributed by atoms with Crippen LogP contribution in [0.2, 0.25) is 0 Å². The van der Waals surface area contributed by atoms with Crippen LogP contribution in [0.5, 0.6) is 5.75 Å². The highest BCUT2D eigenvalue weighted by Gasteiger charge is 2.34. The highest BCUT2D eigenvalue weighted by Crippen LogP contribution is 2.38. The summed E-state index contributed by atoms with van der Waals surface area (Å²) in [6.07, 6.45) is 4.84. The largest absolute Gasteiger partial charge is 0.506 e. The number of carbonyl (C=O) groups excluding carboxylic acids is 1. The number of hydrogen-bond acceptors (Lipinski definition) is 7. The maximum absolute atomic E-state index is 13.2. The monoisotopic (exact) mass is 602 g/mol. The van der Waals surface area contributed by atoms with E-state index in [-0.39, 0.29) is 18.2 Å². The Bertz CT molecular complexity index is 1290. The van der Waals surface area contributed by atoms with Crippen molar-refractivity contribution >= 4 is 72.7 Å². The van der Waals surface area contributed by atoms with Gasteiger partial charge in [-0.2, -0.15) is 5.10 Å². The van der Waals surface area contributed by atoms with E-state index in [0.717, 1.165) is 15.7 Å². The summed E-state index contributed by atoms with van der Waals surface area (Å²) in [5, 5.41) is 19.4. The molecule has 4 rings (SSSR count). The second kappa shape index (κ2) is 10.6. The highest BCUT2D eigenvalue weighted by molar-refractivity contribution is 9.11. The molecule has 10 heteroatoms. The summed E-state index contributed by atoms with van der Waals surface area (Å²) in [7, 11) is 3.96. The van der Waals surface area contributed by atoms with E-state index in [1.54, 1.807) is 42.8 Å². The molecule has 0 bridgehead atoms. The van der Waals surface area contributed by atoms with E-state index in [4.69, 9.17) is 4.42 Å². The Morgan fingerprint density at radius 3 is 2.62 bits per heavy atom. The molecule has 0 saturated carbocycles. The number of aromatic hydroxyl groups is 1. The number of amides is 1. The fourth-order valence-corrected chi connectivity index (χ4v) is 5.30. The number of nitrogens with zero attached hydrogens (tertiary/aromatic N) is 4. The molecule has 1 aliphatic heterocycles. The van der Waals surface area contributed by atoms with Crippen molar-refractivity contribution in [3.63, 3.8) is 0 Å². The number of anilines is 1. The molecule has 0 unspecified atom stereocenters. The van der Waals surface area contributed by atoms with Gasteiger partial charge in [-0.15, -0.1) is 5.10 Å². The first kappa shape index (κ1) is 24.3. The minimum absolute atomic E-state index is 0.0475. The van der Waals surface area contributed by atoms with Crippen molar-refractivity contribution in [1.82, 2.24) is 4.90 Å². The zero-order valence-corrected chi connectivity index (χ0v) is 22.3. The van der Waals surface area contributed by atoms with E-state index in [0.29, 0.717) is 25.9 Å². The maximum Gasteiger partial charge on any atom is 0.267 e. The lowest BCUT2D eigenvalue weighted by Crippen LogP contribution is -2.28. The molecule has 3 aromatic rings. The predicted octanol–water partition coefficient (Wildman–Crippen LogP) is 6.08. The van der Waals surface area contributed by atoms with Crippen LogP contribution < -0.4 is 4.90 Å². The Labute approximate surface area is 218 Å². The normalized spacial score (nSPS) is 16.4. The Balaban J connectivity index is 1.63. The third-order valence-electron chi connectivity index (χ3n) is 4.89. The summed E-state index contributed by atoms with van der Waals surface area (Å²) in [4.78, 5) is 17.2. The van der Waals surface area contributed by atoms with E-state index < -0.39 is 0 Å². The molecule has 1 aromatic heterocycles. The number of amidine groups is 1. The van der Waals surface area contributed by atoms with Crippen LogP contribution in [-0.4, -0.2) is 41.4 Å². The van der Waals surface area contributed by atoms with Gasteiger partial charge >= 0.3 is 0 Å². The van der Waals surface area contributed by atoms with Gasteiger partial charge in [0.2, 0.25) is 0 Å². The van der Waals surface area contributed by atoms with Gasteiger partial charge in [-0.05, 0) is 75.7 Å². The van der Waals surface area contributed by atoms with Crippen molar-refractivity contribution in [3.05, 3.63) is 85.5 Å². The van der Waals surface area contributed by atoms with Crippen LogP contribution in [0.1, 0.15) is 16.9 Å². The van der Waals surface area contributed by atoms with Crippen LogP contribution in [0.4, 0.5) is 5.69 Å². The molecular formula is C24H20Br2N4O3S. The van der Waals surface area contributed by atoms with Crippen molar-refractivity contribution in [2.24, 2.45) is 10.2 Å². The lowest BCUT2D eigenvalue weighted by Gasteiger charge is -2.12. The lowest BCUT2D eigenvalue weighted by atomic mass is 10.2. The molecule has 1 aliphatic rings. The van der Waals surface area contributed by atoms with Crippen LogP contribution >= 0.6 is 43.6 Å². The molecule has 1 saturated heterocycles. The maximum atomic E-state index is 13.2. The smallest absolute Gasteiger partial charge is 0.267 e. The molecule has 1 fully saturated rings. The molecule has 34 heavy (non-hydrogen) atoms. The number of phenols is 1. The van der Waals surface area contributed by atoms with Crippen LogP contribution in [0.25, 0.3) is 6.08 Å². The molecular weight excluding hydrogens is 584 g/mol. The molecule has 1 amide bonds. The van der Waals surface area contributed by atoms with Crippen molar-refractivity contribution in [3.8, 4) is 5.75 Å². The number of benzene rings is 2. The summed E-state index contributed by atoms with van der Waals surface area (Å²) in [6.45, 7) is 0.218. The molecule has 174 valence electrons. The van der Waals surface area contributed by atoms with Gasteiger partial charge in [0.05, 0.1) is 28.4 Å². The molecule has 0 atom stereocenters. The molecule has 1 N–H and O–H groups in total. The number of rotatable bonds is 6. The summed E-state index contributed by atoms with van der Waals surface area (Å²) < 4.78 is 6.72. The Morgan fingerprint density at radius 1 is 1.18 bits per heavy atom. The highest BCUT2D eigenvalue weighted by atomic mass is 79.9. The van der Waals surface area contributed by atoms with Gasteiger partial charge < -0.3 is 14.4 Å². The van der Waals surface area contributed by atoms with Crippen molar-refractivity contribution in [2.45, 2.75) is 6.54 Å². The van der Waals surface area contributed by atoms with E-state index in [2.05, 4.69) is 42.1 Å². The average Bonchev–Trinajstić information content (AvgIpc) is 3.42. The summed E-state index contributed by atoms with van der Waals surface area (Å²) in [5.41, 5.74) is 2.48. The van der Waals surface area contributed by atoms with Gasteiger partial charge in [0.1, 0.15) is 11.5 Å². The zero-order chi connectivity index (χ0) is 24.2. The van der Waals surface area contributed by atoms with Crippen LogP contribution in [0.3, 0.4) is 0 Å². The third kappa shape index (κ3) is 5.63. The second-order valence-corrected chi connectivity index (χ2v) is 10.3. The topological polar surface area (TPSA) is 81.6 Å². The van der Waals surface area contributed by atoms with Crippen LogP contribution in [0, 0.1) is 0 Å². The molecule has 0 aliphatic carbocycles. The lowest BCUT2D eigenvalue weighted by molar-refractivity contribution is -0.122. The van der Waals surface area contributed by atoms with Gasteiger partial charge in [0.15, 0.2) is 5.17 Å². The minimum atomic E-state index is -0.249. The first-order valence-electron chi connectivity index (χ1n) is 10.1. The Morgan fingerprint density at radius 2 is 1.94 bits per heavy atom. The molecule has 0 radical (unpaired) electrons. The van der Waals surface area contributed by atoms with Gasteiger partial charge in [-0.1, -0.05) is 28.1 Å². The van der Waals surface area contributed by atoms with Crippen molar-refractivity contribution < 1.29 is 14.3 Å². The molecule has 2 aromatic carbocycles. The fraction of sp³-hybridized carbons (Fsp3) is 0.125. The Hall–Kier alpha value is -2.82. The number of carbonyl (C=O) groups is 1. The molecule has 7 nitrogen and oxygen atoms in total. The third-order valence-corrected chi connectivity index (χ3v) is 6.95. The summed E-state index contributed by atoms with van der Waals surface area (Å²) >= 11 is 7.93. The van der Waals surface area contributed by atoms with E-state index in [9.17, 15) is 9.90 Å². The van der Waals surface area contributed by atoms with Crippen molar-refractivity contribution in [2.75, 3.05) is 19.0 Å². The standard InChI is InChI=1S/C24H20Br2N4O3S/c1-29(2)18-7-5-15(6-8-18)13-27-28-24-30(14-19-4-3-9-33-19)23(32)21(34-24)11-16-10-17(25)12-20(26)22(16)31/h3-13,31H,14H2,1-2H3/b21-11-,27-13+,28-24-. The SMILES string of the molecule is CN(C)c1ccc(/C=N/N=C2\S/C(=C\c3cc(Br)cc(Br)c3O)C(=O)N2Cc2ccco2)cc1. The number of phenolic OH excluding ortho intramolecular Hbond substituents is 1. The van der Waals surface area contributed by atoms with Crippen LogP contribution in [-0.2, 0) is 11.3 Å². The van der Waals surface area contributed by atoms with Crippen LogP contribution in [0.15, 0.2) is 83.3 Å². The average molecular weight is 604 g/mol. The first-order valence-corrected chi connectivity index (χ1v) is 12.5. The summed E-state index contributed by atoms with van der Waals surface area (Å²) in [5.74, 6) is 0.423. The number of thioether (sulfide) groups is 1. The Kier molecular flexibility index (Phi) is 7.60. The first-order chi connectivity index (χ1) is 16.3. The fourth-order valence-electron chi connectivity index (χ4n) is 3.12. The van der Waals surface area contributed by atoms with E-state index in [1.807, 2.05) is 43.3 Å². The molecule has 0 spiro atoms. The predicted molar refractivity (Wildman–Crippen MR) is 144 cm³/mol.